The molecule has 0 saturated carbocycles. The van der Waals surface area contributed by atoms with Gasteiger partial charge in [0.15, 0.2) is 0 Å². The van der Waals surface area contributed by atoms with Crippen LogP contribution in [-0.4, -0.2) is 17.1 Å². The summed E-state index contributed by atoms with van der Waals surface area (Å²) in [6.07, 6.45) is 2.11. The predicted molar refractivity (Wildman–Crippen MR) is 58.7 cm³/mol. The van der Waals surface area contributed by atoms with E-state index in [2.05, 4.69) is 11.6 Å². The van der Waals surface area contributed by atoms with E-state index in [0.717, 1.165) is 12.1 Å². The molecule has 0 aliphatic heterocycles. The highest BCUT2D eigenvalue weighted by Gasteiger charge is 2.12. The molecule has 3 heteroatoms. The second kappa shape index (κ2) is 5.29. The molecule has 0 aliphatic carbocycles. The summed E-state index contributed by atoms with van der Waals surface area (Å²) in [6.45, 7) is 7.37. The van der Waals surface area contributed by atoms with Crippen molar-refractivity contribution in [2.24, 2.45) is 0 Å². The lowest BCUT2D eigenvalue weighted by Gasteiger charge is -2.11. The fourth-order valence-corrected chi connectivity index (χ4v) is 1.15. The molecule has 15 heavy (non-hydrogen) atoms. The second-order valence-corrected chi connectivity index (χ2v) is 3.25. The maximum absolute atomic E-state index is 11.6. The Balaban J connectivity index is 2.72. The van der Waals surface area contributed by atoms with Crippen molar-refractivity contribution in [2.45, 2.75) is 26.4 Å². The first-order valence-corrected chi connectivity index (χ1v) is 4.94. The third-order valence-corrected chi connectivity index (χ3v) is 2.02. The van der Waals surface area contributed by atoms with Gasteiger partial charge >= 0.3 is 5.97 Å². The Morgan fingerprint density at radius 1 is 1.67 bits per heavy atom. The molecule has 1 aromatic heterocycles. The van der Waals surface area contributed by atoms with Crippen LogP contribution < -0.4 is 0 Å². The topological polar surface area (TPSA) is 39.2 Å². The molecular weight excluding hydrogens is 190 g/mol. The van der Waals surface area contributed by atoms with Gasteiger partial charge in [-0.1, -0.05) is 25.6 Å². The van der Waals surface area contributed by atoms with Gasteiger partial charge in [0.25, 0.3) is 0 Å². The van der Waals surface area contributed by atoms with E-state index in [-0.39, 0.29) is 6.10 Å². The van der Waals surface area contributed by atoms with E-state index in [1.165, 1.54) is 0 Å². The molecule has 0 spiro atoms. The molecule has 1 atom stereocenters. The van der Waals surface area contributed by atoms with Crippen molar-refractivity contribution in [1.29, 1.82) is 0 Å². The zero-order chi connectivity index (χ0) is 11.3. The lowest BCUT2D eigenvalue weighted by molar-refractivity contribution is 0.0382. The zero-order valence-electron chi connectivity index (χ0n) is 9.06. The molecule has 3 nitrogen and oxygen atoms in total. The van der Waals surface area contributed by atoms with Gasteiger partial charge in [-0.25, -0.2) is 9.78 Å². The molecule has 0 amide bonds. The minimum atomic E-state index is -0.398. The molecule has 1 rings (SSSR count). The van der Waals surface area contributed by atoms with E-state index in [0.29, 0.717) is 5.69 Å². The van der Waals surface area contributed by atoms with Crippen LogP contribution in [-0.2, 0) is 4.74 Å². The predicted octanol–water partition coefficient (Wildman–Crippen LogP) is 2.51. The van der Waals surface area contributed by atoms with Crippen LogP contribution in [0.4, 0.5) is 0 Å². The smallest absolute Gasteiger partial charge is 0.357 e. The number of rotatable bonds is 4. The third-order valence-electron chi connectivity index (χ3n) is 2.02. The Morgan fingerprint density at radius 3 is 2.93 bits per heavy atom. The number of nitrogens with zero attached hydrogens (tertiary/aromatic N) is 1. The van der Waals surface area contributed by atoms with Crippen LogP contribution in [0.2, 0.25) is 0 Å². The highest BCUT2D eigenvalue weighted by atomic mass is 16.5. The first kappa shape index (κ1) is 11.4. The van der Waals surface area contributed by atoms with Crippen LogP contribution in [0.25, 0.3) is 0 Å². The minimum Gasteiger partial charge on any atom is -0.453 e. The summed E-state index contributed by atoms with van der Waals surface area (Å²) in [7, 11) is 0. The van der Waals surface area contributed by atoms with Crippen molar-refractivity contribution >= 4 is 5.97 Å². The molecule has 1 aromatic rings. The first-order chi connectivity index (χ1) is 7.17. The molecule has 0 bridgehead atoms. The largest absolute Gasteiger partial charge is 0.453 e. The van der Waals surface area contributed by atoms with Gasteiger partial charge in [0.2, 0.25) is 0 Å². The van der Waals surface area contributed by atoms with Crippen LogP contribution in [0, 0.1) is 6.92 Å². The van der Waals surface area contributed by atoms with Crippen LogP contribution >= 0.6 is 0 Å². The number of aryl methyl sites for hydroxylation is 1. The van der Waals surface area contributed by atoms with Crippen molar-refractivity contribution in [1.82, 2.24) is 4.98 Å². The van der Waals surface area contributed by atoms with Crippen LogP contribution in [0.1, 0.15) is 29.5 Å². The standard InChI is InChI=1S/C12H15NO2/c1-4-10(5-2)15-12(14)11-8-6-7-9(3)13-11/h4,6-8,10H,1,5H2,2-3H3. The van der Waals surface area contributed by atoms with Gasteiger partial charge in [0, 0.05) is 5.69 Å². The summed E-state index contributed by atoms with van der Waals surface area (Å²) in [5, 5.41) is 0. The Kier molecular flexibility index (Phi) is 4.03. The summed E-state index contributed by atoms with van der Waals surface area (Å²) in [4.78, 5) is 15.7. The number of hydrogen-bond donors (Lipinski definition) is 0. The van der Waals surface area contributed by atoms with E-state index in [4.69, 9.17) is 4.74 Å². The van der Waals surface area contributed by atoms with Gasteiger partial charge in [-0.3, -0.25) is 0 Å². The number of esters is 1. The molecule has 0 saturated heterocycles. The van der Waals surface area contributed by atoms with E-state index < -0.39 is 5.97 Å². The average molecular weight is 205 g/mol. The number of carbonyl (C=O) groups is 1. The highest BCUT2D eigenvalue weighted by Crippen LogP contribution is 2.05. The number of ether oxygens (including phenoxy) is 1. The number of hydrogen-bond acceptors (Lipinski definition) is 3. The first-order valence-electron chi connectivity index (χ1n) is 4.94. The van der Waals surface area contributed by atoms with Gasteiger partial charge in [-0.15, -0.1) is 0 Å². The molecule has 0 radical (unpaired) electrons. The molecule has 1 heterocycles. The van der Waals surface area contributed by atoms with Crippen molar-refractivity contribution in [3.8, 4) is 0 Å². The summed E-state index contributed by atoms with van der Waals surface area (Å²) in [5.74, 6) is -0.398. The van der Waals surface area contributed by atoms with E-state index in [9.17, 15) is 4.79 Å². The maximum Gasteiger partial charge on any atom is 0.357 e. The quantitative estimate of drug-likeness (QED) is 0.560. The maximum atomic E-state index is 11.6. The summed E-state index contributed by atoms with van der Waals surface area (Å²) in [6, 6.07) is 5.26. The average Bonchev–Trinajstić information content (AvgIpc) is 2.25. The fourth-order valence-electron chi connectivity index (χ4n) is 1.15. The number of carbonyl (C=O) groups excluding carboxylic acids is 1. The lowest BCUT2D eigenvalue weighted by atomic mass is 10.2. The minimum absolute atomic E-state index is 0.236. The summed E-state index contributed by atoms with van der Waals surface area (Å²) >= 11 is 0. The van der Waals surface area contributed by atoms with E-state index >= 15 is 0 Å². The highest BCUT2D eigenvalue weighted by molar-refractivity contribution is 5.87. The van der Waals surface area contributed by atoms with E-state index in [1.54, 1.807) is 18.2 Å². The Labute approximate surface area is 89.8 Å². The molecule has 80 valence electrons. The van der Waals surface area contributed by atoms with Crippen LogP contribution in [0.5, 0.6) is 0 Å². The Bertz CT molecular complexity index is 360. The van der Waals surface area contributed by atoms with Gasteiger partial charge in [-0.05, 0) is 25.5 Å². The molecular formula is C12H15NO2. The SMILES string of the molecule is C=CC(CC)OC(=O)c1cccc(C)n1. The molecule has 0 fully saturated rings. The van der Waals surface area contributed by atoms with Crippen LogP contribution in [0.15, 0.2) is 30.9 Å². The number of aromatic nitrogens is 1. The molecule has 0 N–H and O–H groups in total. The number of pyridine rings is 1. The van der Waals surface area contributed by atoms with Crippen molar-refractivity contribution < 1.29 is 9.53 Å². The Morgan fingerprint density at radius 2 is 2.40 bits per heavy atom. The van der Waals surface area contributed by atoms with Gasteiger partial charge in [0.05, 0.1) is 0 Å². The van der Waals surface area contributed by atoms with Gasteiger partial charge in [-0.2, -0.15) is 0 Å². The van der Waals surface area contributed by atoms with Gasteiger partial charge < -0.3 is 4.74 Å². The second-order valence-electron chi connectivity index (χ2n) is 3.25. The van der Waals surface area contributed by atoms with E-state index in [1.807, 2.05) is 19.9 Å². The lowest BCUT2D eigenvalue weighted by Crippen LogP contribution is -2.16. The third kappa shape index (κ3) is 3.20. The normalized spacial score (nSPS) is 11.9. The molecule has 0 aromatic carbocycles. The van der Waals surface area contributed by atoms with Crippen molar-refractivity contribution in [3.05, 3.63) is 42.2 Å². The van der Waals surface area contributed by atoms with Gasteiger partial charge in [0.1, 0.15) is 11.8 Å². The fraction of sp³-hybridized carbons (Fsp3) is 0.333. The summed E-state index contributed by atoms with van der Waals surface area (Å²) < 4.78 is 5.17. The summed E-state index contributed by atoms with van der Waals surface area (Å²) in [5.41, 5.74) is 1.14. The van der Waals surface area contributed by atoms with Crippen LogP contribution in [0.3, 0.4) is 0 Å². The van der Waals surface area contributed by atoms with Crippen molar-refractivity contribution in [2.75, 3.05) is 0 Å². The molecule has 1 unspecified atom stereocenters. The Hall–Kier alpha value is -1.64. The monoisotopic (exact) mass is 205 g/mol. The van der Waals surface area contributed by atoms with Crippen molar-refractivity contribution in [3.63, 3.8) is 0 Å². The molecule has 0 aliphatic rings. The zero-order valence-corrected chi connectivity index (χ0v) is 9.06.